The number of amides is 1. The molecule has 1 aromatic carbocycles. The van der Waals surface area contributed by atoms with Crippen LogP contribution in [0.15, 0.2) is 24.3 Å². The van der Waals surface area contributed by atoms with Crippen LogP contribution in [0.3, 0.4) is 0 Å². The monoisotopic (exact) mass is 294 g/mol. The predicted octanol–water partition coefficient (Wildman–Crippen LogP) is 2.70. The highest BCUT2D eigenvalue weighted by Crippen LogP contribution is 2.37. The van der Waals surface area contributed by atoms with Crippen LogP contribution >= 0.6 is 0 Å². The van der Waals surface area contributed by atoms with Gasteiger partial charge in [-0.25, -0.2) is 4.39 Å². The molecule has 0 spiro atoms. The maximum atomic E-state index is 13.5. The van der Waals surface area contributed by atoms with Crippen LogP contribution < -0.4 is 10.6 Å². The lowest BCUT2D eigenvalue weighted by Gasteiger charge is -2.27. The van der Waals surface area contributed by atoms with E-state index in [0.29, 0.717) is 0 Å². The lowest BCUT2D eigenvalue weighted by molar-refractivity contribution is -0.115. The van der Waals surface area contributed by atoms with Crippen molar-refractivity contribution in [3.05, 3.63) is 30.1 Å². The van der Waals surface area contributed by atoms with Crippen LogP contribution in [0.5, 0.6) is 0 Å². The second-order valence-corrected chi connectivity index (χ2v) is 6.63. The molecule has 5 heteroatoms. The number of hydrogen-bond acceptors (Lipinski definition) is 3. The Morgan fingerprint density at radius 2 is 2.00 bits per heavy atom. The number of rotatable bonds is 4. The Balaban J connectivity index is 1.89. The molecule has 0 aliphatic carbocycles. The lowest BCUT2D eigenvalue weighted by Crippen LogP contribution is -2.46. The molecule has 0 unspecified atom stereocenters. The number of carbonyl (C=O) groups is 1. The molecule has 1 aliphatic rings. The molecule has 0 saturated carbocycles. The highest BCUT2D eigenvalue weighted by atomic mass is 19.1. The van der Waals surface area contributed by atoms with E-state index in [9.17, 15) is 9.18 Å². The number of carbonyl (C=O) groups excluding carboxylic acids is 1. The molecule has 116 valence electrons. The molecule has 1 atom stereocenters. The average molecular weight is 294 g/mol. The summed E-state index contributed by atoms with van der Waals surface area (Å²) in [4.78, 5) is 11.9. The number of benzene rings is 1. The quantitative estimate of drug-likeness (QED) is 0.897. The maximum absolute atomic E-state index is 13.5. The van der Waals surface area contributed by atoms with Crippen LogP contribution in [-0.4, -0.2) is 29.7 Å². The van der Waals surface area contributed by atoms with Gasteiger partial charge in [-0.2, -0.15) is 0 Å². The summed E-state index contributed by atoms with van der Waals surface area (Å²) in [5, 5.41) is 5.77. The van der Waals surface area contributed by atoms with Crippen molar-refractivity contribution >= 4 is 11.6 Å². The number of ether oxygens (including phenoxy) is 1. The second-order valence-electron chi connectivity index (χ2n) is 6.63. The first-order valence-corrected chi connectivity index (χ1v) is 7.17. The van der Waals surface area contributed by atoms with Crippen molar-refractivity contribution in [2.75, 3.05) is 11.9 Å². The zero-order valence-corrected chi connectivity index (χ0v) is 13.0. The van der Waals surface area contributed by atoms with E-state index < -0.39 is 5.82 Å². The molecule has 1 aliphatic heterocycles. The molecule has 0 radical (unpaired) electrons. The third kappa shape index (κ3) is 4.02. The first kappa shape index (κ1) is 15.9. The van der Waals surface area contributed by atoms with Gasteiger partial charge in [0.05, 0.1) is 23.4 Å². The van der Waals surface area contributed by atoms with Gasteiger partial charge in [0, 0.05) is 6.04 Å². The summed E-state index contributed by atoms with van der Waals surface area (Å²) in [5.41, 5.74) is -0.336. The molecule has 2 N–H and O–H groups in total. The van der Waals surface area contributed by atoms with Crippen molar-refractivity contribution in [3.63, 3.8) is 0 Å². The molecule has 21 heavy (non-hydrogen) atoms. The van der Waals surface area contributed by atoms with Crippen LogP contribution in [-0.2, 0) is 9.53 Å². The van der Waals surface area contributed by atoms with Crippen LogP contribution in [0.4, 0.5) is 10.1 Å². The molecule has 0 aromatic heterocycles. The number of hydrogen-bond donors (Lipinski definition) is 2. The smallest absolute Gasteiger partial charge is 0.238 e. The van der Waals surface area contributed by atoms with E-state index in [1.54, 1.807) is 18.2 Å². The molecular weight excluding hydrogens is 271 g/mol. The number of halogens is 1. The summed E-state index contributed by atoms with van der Waals surface area (Å²) in [6.45, 7) is 8.22. The van der Waals surface area contributed by atoms with E-state index in [1.165, 1.54) is 6.07 Å². The molecule has 1 fully saturated rings. The zero-order valence-electron chi connectivity index (χ0n) is 13.0. The molecular formula is C16H23FN2O2. The van der Waals surface area contributed by atoms with Crippen LogP contribution in [0.2, 0.25) is 0 Å². The minimum absolute atomic E-state index is 0.0823. The van der Waals surface area contributed by atoms with E-state index >= 15 is 0 Å². The van der Waals surface area contributed by atoms with Crippen LogP contribution in [0.25, 0.3) is 0 Å². The highest BCUT2D eigenvalue weighted by molar-refractivity contribution is 5.92. The van der Waals surface area contributed by atoms with Crippen molar-refractivity contribution in [2.45, 2.75) is 51.4 Å². The van der Waals surface area contributed by atoms with E-state index in [4.69, 9.17) is 4.74 Å². The van der Waals surface area contributed by atoms with Crippen molar-refractivity contribution in [1.82, 2.24) is 5.32 Å². The largest absolute Gasteiger partial charge is 0.368 e. The van der Waals surface area contributed by atoms with Gasteiger partial charge in [0.1, 0.15) is 5.82 Å². The molecule has 1 aromatic rings. The summed E-state index contributed by atoms with van der Waals surface area (Å²) in [6, 6.07) is 6.21. The minimum Gasteiger partial charge on any atom is -0.368 e. The molecule has 0 bridgehead atoms. The van der Waals surface area contributed by atoms with Gasteiger partial charge in [0.25, 0.3) is 0 Å². The Kier molecular flexibility index (Phi) is 4.35. The SMILES string of the molecule is CC1(C)C[C@H](NCC(=O)Nc2ccccc2F)C(C)(C)O1. The topological polar surface area (TPSA) is 50.4 Å². The Bertz CT molecular complexity index is 529. The van der Waals surface area contributed by atoms with Gasteiger partial charge in [-0.1, -0.05) is 12.1 Å². The van der Waals surface area contributed by atoms with Gasteiger partial charge >= 0.3 is 0 Å². The molecule has 1 saturated heterocycles. The van der Waals surface area contributed by atoms with E-state index in [1.807, 2.05) is 27.7 Å². The Labute approximate surface area is 125 Å². The van der Waals surface area contributed by atoms with Crippen LogP contribution in [0, 0.1) is 5.82 Å². The third-order valence-electron chi connectivity index (χ3n) is 3.73. The van der Waals surface area contributed by atoms with Gasteiger partial charge in [0.15, 0.2) is 0 Å². The van der Waals surface area contributed by atoms with Gasteiger partial charge in [0.2, 0.25) is 5.91 Å². The fourth-order valence-electron chi connectivity index (χ4n) is 2.85. The fourth-order valence-corrected chi connectivity index (χ4v) is 2.85. The van der Waals surface area contributed by atoms with E-state index in [0.717, 1.165) is 6.42 Å². The molecule has 1 heterocycles. The Morgan fingerprint density at radius 1 is 1.33 bits per heavy atom. The highest BCUT2D eigenvalue weighted by Gasteiger charge is 2.45. The molecule has 2 rings (SSSR count). The number of nitrogens with one attached hydrogen (secondary N) is 2. The molecule has 4 nitrogen and oxygen atoms in total. The standard InChI is InChI=1S/C16H23FN2O2/c1-15(2)9-13(16(3,4)21-15)18-10-14(20)19-12-8-6-5-7-11(12)17/h5-8,13,18H,9-10H2,1-4H3,(H,19,20)/t13-/m0/s1. The van der Waals surface area contributed by atoms with Gasteiger partial charge in [-0.15, -0.1) is 0 Å². The average Bonchev–Trinajstić information content (AvgIpc) is 2.57. The van der Waals surface area contributed by atoms with Crippen molar-refractivity contribution in [2.24, 2.45) is 0 Å². The van der Waals surface area contributed by atoms with E-state index in [-0.39, 0.29) is 35.4 Å². The van der Waals surface area contributed by atoms with Crippen LogP contribution in [0.1, 0.15) is 34.1 Å². The number of anilines is 1. The fraction of sp³-hybridized carbons (Fsp3) is 0.562. The predicted molar refractivity (Wildman–Crippen MR) is 80.7 cm³/mol. The van der Waals surface area contributed by atoms with Gasteiger partial charge in [-0.05, 0) is 46.2 Å². The molecule has 1 amide bonds. The summed E-state index contributed by atoms with van der Waals surface area (Å²) in [6.07, 6.45) is 0.826. The first-order valence-electron chi connectivity index (χ1n) is 7.17. The zero-order chi connectivity index (χ0) is 15.7. The number of para-hydroxylation sites is 1. The normalized spacial score (nSPS) is 23.0. The first-order chi connectivity index (χ1) is 9.70. The third-order valence-corrected chi connectivity index (χ3v) is 3.73. The summed E-state index contributed by atoms with van der Waals surface area (Å²) >= 11 is 0. The van der Waals surface area contributed by atoms with Gasteiger partial charge < -0.3 is 15.4 Å². The van der Waals surface area contributed by atoms with Gasteiger partial charge in [-0.3, -0.25) is 4.79 Å². The Hall–Kier alpha value is -1.46. The Morgan fingerprint density at radius 3 is 2.57 bits per heavy atom. The lowest BCUT2D eigenvalue weighted by atomic mass is 9.94. The van der Waals surface area contributed by atoms with Crippen molar-refractivity contribution in [3.8, 4) is 0 Å². The maximum Gasteiger partial charge on any atom is 0.238 e. The van der Waals surface area contributed by atoms with Crippen molar-refractivity contribution < 1.29 is 13.9 Å². The minimum atomic E-state index is -0.434. The summed E-state index contributed by atoms with van der Waals surface area (Å²) in [7, 11) is 0. The second kappa shape index (κ2) is 5.73. The van der Waals surface area contributed by atoms with Crippen molar-refractivity contribution in [1.29, 1.82) is 0 Å². The van der Waals surface area contributed by atoms with E-state index in [2.05, 4.69) is 10.6 Å². The summed E-state index contributed by atoms with van der Waals surface area (Å²) < 4.78 is 19.4. The summed E-state index contributed by atoms with van der Waals surface area (Å²) in [5.74, 6) is -0.697.